The van der Waals surface area contributed by atoms with Gasteiger partial charge in [0.2, 0.25) is 0 Å². The van der Waals surface area contributed by atoms with Gasteiger partial charge in [0.1, 0.15) is 6.23 Å². The average molecular weight is 197 g/mol. The topological polar surface area (TPSA) is 32.3 Å². The summed E-state index contributed by atoms with van der Waals surface area (Å²) in [6.45, 7) is 10.1. The van der Waals surface area contributed by atoms with Gasteiger partial charge in [0.05, 0.1) is 0 Å². The summed E-state index contributed by atoms with van der Waals surface area (Å²) in [4.78, 5) is 0. The third kappa shape index (κ3) is 3.02. The first-order chi connectivity index (χ1) is 6.41. The summed E-state index contributed by atoms with van der Waals surface area (Å²) in [5, 5.41) is 13.0. The van der Waals surface area contributed by atoms with Crippen molar-refractivity contribution in [2.75, 3.05) is 0 Å². The van der Waals surface area contributed by atoms with Crippen LogP contribution in [0.3, 0.4) is 0 Å². The zero-order valence-electron chi connectivity index (χ0n) is 9.64. The second-order valence-corrected chi connectivity index (χ2v) is 5.42. The lowest BCUT2D eigenvalue weighted by Crippen LogP contribution is -2.40. The van der Waals surface area contributed by atoms with Gasteiger partial charge in [0.15, 0.2) is 0 Å². The van der Waals surface area contributed by atoms with Gasteiger partial charge in [0, 0.05) is 11.1 Å². The molecule has 1 fully saturated rings. The highest BCUT2D eigenvalue weighted by Crippen LogP contribution is 2.30. The van der Waals surface area contributed by atoms with Crippen LogP contribution in [0.25, 0.3) is 0 Å². The Morgan fingerprint density at radius 2 is 1.86 bits per heavy atom. The number of hydrogen-bond donors (Lipinski definition) is 2. The van der Waals surface area contributed by atoms with Gasteiger partial charge in [-0.25, -0.2) is 0 Å². The molecule has 0 aromatic heterocycles. The molecule has 1 unspecified atom stereocenters. The first-order valence-corrected chi connectivity index (χ1v) is 5.54. The van der Waals surface area contributed by atoms with Crippen LogP contribution < -0.4 is 5.32 Å². The highest BCUT2D eigenvalue weighted by molar-refractivity contribution is 5.01. The van der Waals surface area contributed by atoms with Crippen LogP contribution in [0.5, 0.6) is 0 Å². The first-order valence-electron chi connectivity index (χ1n) is 5.54. The van der Waals surface area contributed by atoms with E-state index in [1.807, 2.05) is 20.8 Å². The molecule has 2 nitrogen and oxygen atoms in total. The SMILES string of the molecule is C=C(NC(O)C(C)(C)C)C1CCCC1. The van der Waals surface area contributed by atoms with E-state index < -0.39 is 6.23 Å². The van der Waals surface area contributed by atoms with Crippen molar-refractivity contribution < 1.29 is 5.11 Å². The summed E-state index contributed by atoms with van der Waals surface area (Å²) in [6.07, 6.45) is 4.56. The summed E-state index contributed by atoms with van der Waals surface area (Å²) in [7, 11) is 0. The van der Waals surface area contributed by atoms with E-state index in [4.69, 9.17) is 0 Å². The Balaban J connectivity index is 2.40. The molecule has 0 aliphatic heterocycles. The summed E-state index contributed by atoms with van der Waals surface area (Å²) >= 11 is 0. The molecule has 0 aromatic carbocycles. The van der Waals surface area contributed by atoms with Crippen LogP contribution in [0, 0.1) is 11.3 Å². The van der Waals surface area contributed by atoms with Gasteiger partial charge in [-0.3, -0.25) is 0 Å². The predicted molar refractivity (Wildman–Crippen MR) is 59.7 cm³/mol. The van der Waals surface area contributed by atoms with Crippen LogP contribution in [0.1, 0.15) is 46.5 Å². The molecule has 0 radical (unpaired) electrons. The lowest BCUT2D eigenvalue weighted by atomic mass is 9.93. The van der Waals surface area contributed by atoms with Gasteiger partial charge in [-0.1, -0.05) is 40.2 Å². The van der Waals surface area contributed by atoms with Gasteiger partial charge in [-0.05, 0) is 18.8 Å². The summed E-state index contributed by atoms with van der Waals surface area (Å²) < 4.78 is 0. The Morgan fingerprint density at radius 3 is 2.29 bits per heavy atom. The van der Waals surface area contributed by atoms with Crippen LogP contribution in [0.15, 0.2) is 12.3 Å². The summed E-state index contributed by atoms with van der Waals surface area (Å²) in [6, 6.07) is 0. The minimum Gasteiger partial charge on any atom is -0.373 e. The molecule has 2 heteroatoms. The van der Waals surface area contributed by atoms with Crippen molar-refractivity contribution in [2.24, 2.45) is 11.3 Å². The fourth-order valence-electron chi connectivity index (χ4n) is 1.78. The normalized spacial score (nSPS) is 20.9. The maximum absolute atomic E-state index is 9.84. The van der Waals surface area contributed by atoms with Crippen LogP contribution in [-0.4, -0.2) is 11.3 Å². The number of aliphatic hydroxyl groups is 1. The Morgan fingerprint density at radius 1 is 1.36 bits per heavy atom. The lowest BCUT2D eigenvalue weighted by molar-refractivity contribution is 0.0396. The lowest BCUT2D eigenvalue weighted by Gasteiger charge is -2.29. The van der Waals surface area contributed by atoms with Crippen molar-refractivity contribution in [3.8, 4) is 0 Å². The van der Waals surface area contributed by atoms with E-state index in [0.717, 1.165) is 5.70 Å². The Kier molecular flexibility index (Phi) is 3.59. The molecule has 14 heavy (non-hydrogen) atoms. The fourth-order valence-corrected chi connectivity index (χ4v) is 1.78. The first kappa shape index (κ1) is 11.6. The maximum Gasteiger partial charge on any atom is 0.129 e. The van der Waals surface area contributed by atoms with Gasteiger partial charge in [-0.15, -0.1) is 0 Å². The summed E-state index contributed by atoms with van der Waals surface area (Å²) in [5.41, 5.74) is 0.895. The van der Waals surface area contributed by atoms with Gasteiger partial charge >= 0.3 is 0 Å². The Hall–Kier alpha value is -0.500. The standard InChI is InChI=1S/C12H23NO/c1-9(10-7-5-6-8-10)13-11(14)12(2,3)4/h10-11,13-14H,1,5-8H2,2-4H3. The molecule has 1 saturated carbocycles. The maximum atomic E-state index is 9.84. The van der Waals surface area contributed by atoms with Gasteiger partial charge in [0.25, 0.3) is 0 Å². The van der Waals surface area contributed by atoms with Crippen molar-refractivity contribution in [3.05, 3.63) is 12.3 Å². The van der Waals surface area contributed by atoms with E-state index in [1.165, 1.54) is 25.7 Å². The van der Waals surface area contributed by atoms with E-state index in [1.54, 1.807) is 0 Å². The molecule has 0 saturated heterocycles. The van der Waals surface area contributed by atoms with Crippen LogP contribution in [0.4, 0.5) is 0 Å². The molecule has 1 atom stereocenters. The Bertz CT molecular complexity index is 199. The minimum atomic E-state index is -0.490. The van der Waals surface area contributed by atoms with E-state index in [9.17, 15) is 5.11 Å². The Labute approximate surface area is 87.4 Å². The van der Waals surface area contributed by atoms with Crippen molar-refractivity contribution in [2.45, 2.75) is 52.7 Å². The summed E-state index contributed by atoms with van der Waals surface area (Å²) in [5.74, 6) is 0.576. The molecular weight excluding hydrogens is 174 g/mol. The molecule has 1 aliphatic carbocycles. The average Bonchev–Trinajstić information content (AvgIpc) is 2.53. The molecule has 82 valence electrons. The highest BCUT2D eigenvalue weighted by atomic mass is 16.3. The number of nitrogens with one attached hydrogen (secondary N) is 1. The van der Waals surface area contributed by atoms with E-state index >= 15 is 0 Å². The molecule has 1 aliphatic rings. The second kappa shape index (κ2) is 4.35. The predicted octanol–water partition coefficient (Wildman–Crippen LogP) is 2.64. The van der Waals surface area contributed by atoms with Crippen molar-refractivity contribution in [1.29, 1.82) is 0 Å². The molecule has 0 aromatic rings. The molecule has 0 heterocycles. The van der Waals surface area contributed by atoms with Crippen molar-refractivity contribution >= 4 is 0 Å². The van der Waals surface area contributed by atoms with Gasteiger partial charge < -0.3 is 10.4 Å². The molecule has 1 rings (SSSR count). The van der Waals surface area contributed by atoms with Gasteiger partial charge in [-0.2, -0.15) is 0 Å². The van der Waals surface area contributed by atoms with Crippen molar-refractivity contribution in [1.82, 2.24) is 5.32 Å². The largest absolute Gasteiger partial charge is 0.373 e. The second-order valence-electron chi connectivity index (χ2n) is 5.42. The van der Waals surface area contributed by atoms with Crippen LogP contribution in [-0.2, 0) is 0 Å². The zero-order chi connectivity index (χ0) is 10.8. The third-order valence-corrected chi connectivity index (χ3v) is 2.99. The molecule has 0 spiro atoms. The van der Waals surface area contributed by atoms with Crippen LogP contribution in [0.2, 0.25) is 0 Å². The zero-order valence-corrected chi connectivity index (χ0v) is 9.64. The third-order valence-electron chi connectivity index (χ3n) is 2.99. The van der Waals surface area contributed by atoms with E-state index in [2.05, 4.69) is 11.9 Å². The number of aliphatic hydroxyl groups excluding tert-OH is 1. The van der Waals surface area contributed by atoms with E-state index in [0.29, 0.717) is 5.92 Å². The van der Waals surface area contributed by atoms with E-state index in [-0.39, 0.29) is 5.41 Å². The van der Waals surface area contributed by atoms with Crippen molar-refractivity contribution in [3.63, 3.8) is 0 Å². The van der Waals surface area contributed by atoms with Crippen LogP contribution >= 0.6 is 0 Å². The quantitative estimate of drug-likeness (QED) is 0.682. The molecule has 2 N–H and O–H groups in total. The molecular formula is C12H23NO. The molecule has 0 amide bonds. The number of allylic oxidation sites excluding steroid dienone is 1. The smallest absolute Gasteiger partial charge is 0.129 e. The highest BCUT2D eigenvalue weighted by Gasteiger charge is 2.25. The minimum absolute atomic E-state index is 0.123. The number of rotatable bonds is 3. The number of hydrogen-bond acceptors (Lipinski definition) is 2. The monoisotopic (exact) mass is 197 g/mol. The molecule has 0 bridgehead atoms. The fraction of sp³-hybridized carbons (Fsp3) is 0.833.